The molecule has 0 radical (unpaired) electrons. The van der Waals surface area contributed by atoms with E-state index in [2.05, 4.69) is 19.6 Å². The minimum absolute atomic E-state index is 0. The van der Waals surface area contributed by atoms with Gasteiger partial charge in [0, 0.05) is 5.37 Å². The summed E-state index contributed by atoms with van der Waals surface area (Å²) < 4.78 is 0. The Kier molecular flexibility index (Phi) is 11.7. The van der Waals surface area contributed by atoms with Gasteiger partial charge in [-0.3, -0.25) is 0 Å². The van der Waals surface area contributed by atoms with E-state index in [1.807, 2.05) is 0 Å². The average Bonchev–Trinajstić information content (AvgIpc) is 1.66. The van der Waals surface area contributed by atoms with Gasteiger partial charge in [-0.2, -0.15) is 12.6 Å². The Bertz CT molecular complexity index is 50.3. The second-order valence-electron chi connectivity index (χ2n) is 2.06. The Labute approximate surface area is 69.2 Å². The van der Waals surface area contributed by atoms with Crippen LogP contribution in [0.5, 0.6) is 0 Å². The second-order valence-corrected chi connectivity index (χ2v) is 2.73. The van der Waals surface area contributed by atoms with E-state index in [-0.39, 0.29) is 17.8 Å². The molecule has 0 aromatic rings. The Morgan fingerprint density at radius 3 is 2.33 bits per heavy atom. The summed E-state index contributed by atoms with van der Waals surface area (Å²) in [4.78, 5) is 0. The first-order valence-corrected chi connectivity index (χ1v) is 3.72. The van der Waals surface area contributed by atoms with Crippen molar-refractivity contribution in [2.45, 2.75) is 38.0 Å². The number of hydrogen-bond donors (Lipinski definition) is 2. The van der Waals surface area contributed by atoms with Crippen molar-refractivity contribution in [3.63, 3.8) is 0 Å². The van der Waals surface area contributed by atoms with Crippen LogP contribution in [0.3, 0.4) is 0 Å². The smallest absolute Gasteiger partial charge is 0.0477 e. The SMILES string of the molecule is CCCCCC(N)S.Cl. The summed E-state index contributed by atoms with van der Waals surface area (Å²) >= 11 is 4.05. The van der Waals surface area contributed by atoms with Crippen molar-refractivity contribution in [3.8, 4) is 0 Å². The molecule has 0 aliphatic carbocycles. The highest BCUT2D eigenvalue weighted by Gasteiger charge is 1.91. The number of rotatable bonds is 4. The molecule has 58 valence electrons. The van der Waals surface area contributed by atoms with Gasteiger partial charge in [-0.15, -0.1) is 12.4 Å². The molecule has 0 heterocycles. The molecule has 1 unspecified atom stereocenters. The topological polar surface area (TPSA) is 26.0 Å². The molecule has 0 fully saturated rings. The minimum atomic E-state index is 0. The molecule has 0 spiro atoms. The van der Waals surface area contributed by atoms with Gasteiger partial charge in [0.15, 0.2) is 0 Å². The Hall–Kier alpha value is 0.600. The minimum Gasteiger partial charge on any atom is -0.320 e. The standard InChI is InChI=1S/C6H15NS.ClH/c1-2-3-4-5-6(7)8;/h6,8H,2-5,7H2,1H3;1H. The normalized spacial score (nSPS) is 12.3. The predicted octanol–water partition coefficient (Wildman–Crippen LogP) is 2.20. The van der Waals surface area contributed by atoms with Crippen LogP contribution in [0.2, 0.25) is 0 Å². The number of thiol groups is 1. The lowest BCUT2D eigenvalue weighted by molar-refractivity contribution is 0.656. The van der Waals surface area contributed by atoms with E-state index >= 15 is 0 Å². The van der Waals surface area contributed by atoms with Crippen molar-refractivity contribution in [1.29, 1.82) is 0 Å². The highest BCUT2D eigenvalue weighted by Crippen LogP contribution is 2.02. The summed E-state index contributed by atoms with van der Waals surface area (Å²) in [6.07, 6.45) is 4.83. The van der Waals surface area contributed by atoms with Crippen LogP contribution in [0.15, 0.2) is 0 Å². The highest BCUT2D eigenvalue weighted by molar-refractivity contribution is 7.80. The van der Waals surface area contributed by atoms with Gasteiger partial charge < -0.3 is 5.73 Å². The molecule has 0 aliphatic rings. The predicted molar refractivity (Wildman–Crippen MR) is 48.4 cm³/mol. The summed E-state index contributed by atoms with van der Waals surface area (Å²) in [6, 6.07) is 0. The van der Waals surface area contributed by atoms with Gasteiger partial charge in [0.2, 0.25) is 0 Å². The fourth-order valence-electron chi connectivity index (χ4n) is 0.603. The molecule has 9 heavy (non-hydrogen) atoms. The van der Waals surface area contributed by atoms with E-state index in [9.17, 15) is 0 Å². The lowest BCUT2D eigenvalue weighted by atomic mass is 10.2. The summed E-state index contributed by atoms with van der Waals surface area (Å²) in [6.45, 7) is 2.18. The second kappa shape index (κ2) is 8.60. The van der Waals surface area contributed by atoms with Crippen LogP contribution in [0, 0.1) is 0 Å². The van der Waals surface area contributed by atoms with Crippen molar-refractivity contribution >= 4 is 25.0 Å². The van der Waals surface area contributed by atoms with Crippen LogP contribution in [0.25, 0.3) is 0 Å². The van der Waals surface area contributed by atoms with Gasteiger partial charge in [0.05, 0.1) is 0 Å². The zero-order valence-corrected chi connectivity index (χ0v) is 7.55. The lowest BCUT2D eigenvalue weighted by Crippen LogP contribution is -2.10. The van der Waals surface area contributed by atoms with Gasteiger partial charge in [0.1, 0.15) is 0 Å². The van der Waals surface area contributed by atoms with Crippen molar-refractivity contribution in [2.24, 2.45) is 5.73 Å². The molecule has 0 rings (SSSR count). The Morgan fingerprint density at radius 1 is 1.44 bits per heavy atom. The lowest BCUT2D eigenvalue weighted by Gasteiger charge is -2.00. The molecule has 1 atom stereocenters. The monoisotopic (exact) mass is 169 g/mol. The molecule has 0 bridgehead atoms. The van der Waals surface area contributed by atoms with Crippen molar-refractivity contribution in [1.82, 2.24) is 0 Å². The molecule has 0 saturated heterocycles. The Balaban J connectivity index is 0. The van der Waals surface area contributed by atoms with Gasteiger partial charge in [-0.05, 0) is 6.42 Å². The van der Waals surface area contributed by atoms with Crippen LogP contribution in [0.1, 0.15) is 32.6 Å². The zero-order valence-electron chi connectivity index (χ0n) is 5.84. The first kappa shape index (κ1) is 12.3. The summed E-state index contributed by atoms with van der Waals surface area (Å²) in [5.41, 5.74) is 5.40. The molecule has 1 nitrogen and oxygen atoms in total. The molecule has 0 aromatic heterocycles. The maximum absolute atomic E-state index is 5.40. The molecule has 0 saturated carbocycles. The van der Waals surface area contributed by atoms with E-state index in [0.717, 1.165) is 6.42 Å². The summed E-state index contributed by atoms with van der Waals surface area (Å²) in [7, 11) is 0. The van der Waals surface area contributed by atoms with Crippen molar-refractivity contribution < 1.29 is 0 Å². The van der Waals surface area contributed by atoms with Gasteiger partial charge in [-0.25, -0.2) is 0 Å². The summed E-state index contributed by atoms with van der Waals surface area (Å²) in [5.74, 6) is 0. The third kappa shape index (κ3) is 11.9. The first-order chi connectivity index (χ1) is 3.77. The number of unbranched alkanes of at least 4 members (excludes halogenated alkanes) is 2. The van der Waals surface area contributed by atoms with Gasteiger partial charge in [-0.1, -0.05) is 26.2 Å². The maximum atomic E-state index is 5.40. The maximum Gasteiger partial charge on any atom is 0.0477 e. The molecular weight excluding hydrogens is 154 g/mol. The van der Waals surface area contributed by atoms with E-state index in [1.54, 1.807) is 0 Å². The van der Waals surface area contributed by atoms with E-state index < -0.39 is 0 Å². The number of halogens is 1. The van der Waals surface area contributed by atoms with Crippen LogP contribution in [-0.2, 0) is 0 Å². The largest absolute Gasteiger partial charge is 0.320 e. The van der Waals surface area contributed by atoms with Crippen LogP contribution in [-0.4, -0.2) is 5.37 Å². The molecule has 2 N–H and O–H groups in total. The molecule has 3 heteroatoms. The van der Waals surface area contributed by atoms with E-state index in [1.165, 1.54) is 19.3 Å². The first-order valence-electron chi connectivity index (χ1n) is 3.21. The van der Waals surface area contributed by atoms with Crippen LogP contribution in [0.4, 0.5) is 0 Å². The van der Waals surface area contributed by atoms with E-state index in [0.29, 0.717) is 0 Å². The third-order valence-electron chi connectivity index (χ3n) is 1.10. The fraction of sp³-hybridized carbons (Fsp3) is 1.00. The molecule has 0 aromatic carbocycles. The fourth-order valence-corrected chi connectivity index (χ4v) is 0.786. The van der Waals surface area contributed by atoms with E-state index in [4.69, 9.17) is 5.73 Å². The average molecular weight is 170 g/mol. The number of nitrogens with two attached hydrogens (primary N) is 1. The highest BCUT2D eigenvalue weighted by atomic mass is 35.5. The zero-order chi connectivity index (χ0) is 6.41. The molecular formula is C6H16ClNS. The van der Waals surface area contributed by atoms with Crippen LogP contribution < -0.4 is 5.73 Å². The van der Waals surface area contributed by atoms with Crippen molar-refractivity contribution in [3.05, 3.63) is 0 Å². The molecule has 0 aliphatic heterocycles. The van der Waals surface area contributed by atoms with Crippen LogP contribution >= 0.6 is 25.0 Å². The molecule has 0 amide bonds. The summed E-state index contributed by atoms with van der Waals surface area (Å²) in [5, 5.41) is 0.0987. The number of hydrogen-bond acceptors (Lipinski definition) is 2. The Morgan fingerprint density at radius 2 is 2.00 bits per heavy atom. The quantitative estimate of drug-likeness (QED) is 0.377. The van der Waals surface area contributed by atoms with Crippen molar-refractivity contribution in [2.75, 3.05) is 0 Å². The van der Waals surface area contributed by atoms with Gasteiger partial charge >= 0.3 is 0 Å². The third-order valence-corrected chi connectivity index (χ3v) is 1.36. The van der Waals surface area contributed by atoms with Gasteiger partial charge in [0.25, 0.3) is 0 Å².